The minimum Gasteiger partial charge on any atom is -0.337 e. The van der Waals surface area contributed by atoms with E-state index in [4.69, 9.17) is 0 Å². The van der Waals surface area contributed by atoms with E-state index < -0.39 is 0 Å². The van der Waals surface area contributed by atoms with Crippen molar-refractivity contribution in [2.24, 2.45) is 11.8 Å². The third-order valence-corrected chi connectivity index (χ3v) is 5.67. The van der Waals surface area contributed by atoms with Crippen molar-refractivity contribution < 1.29 is 4.79 Å². The third kappa shape index (κ3) is 4.18. The molecule has 1 aliphatic heterocycles. The van der Waals surface area contributed by atoms with Crippen molar-refractivity contribution in [3.63, 3.8) is 0 Å². The highest BCUT2D eigenvalue weighted by molar-refractivity contribution is 5.94. The largest absolute Gasteiger partial charge is 0.337 e. The van der Waals surface area contributed by atoms with Gasteiger partial charge in [0, 0.05) is 44.0 Å². The molecule has 1 amide bonds. The van der Waals surface area contributed by atoms with Crippen LogP contribution < -0.4 is 0 Å². The molecule has 2 aliphatic rings. The second-order valence-electron chi connectivity index (χ2n) is 8.13. The summed E-state index contributed by atoms with van der Waals surface area (Å²) in [4.78, 5) is 22.2. The lowest BCUT2D eigenvalue weighted by molar-refractivity contribution is 0.0704. The van der Waals surface area contributed by atoms with Crippen LogP contribution in [0, 0.1) is 11.8 Å². The minimum atomic E-state index is 0.0886. The Morgan fingerprint density at radius 2 is 2.00 bits per heavy atom. The van der Waals surface area contributed by atoms with Crippen LogP contribution in [0.4, 0.5) is 0 Å². The van der Waals surface area contributed by atoms with Crippen molar-refractivity contribution in [3.05, 3.63) is 36.5 Å². The normalized spacial score (nSPS) is 21.4. The van der Waals surface area contributed by atoms with Gasteiger partial charge in [-0.15, -0.1) is 10.2 Å². The van der Waals surface area contributed by atoms with Crippen LogP contribution in [0.3, 0.4) is 0 Å². The summed E-state index contributed by atoms with van der Waals surface area (Å²) in [7, 11) is 0. The molecular weight excluding hydrogens is 340 g/mol. The van der Waals surface area contributed by atoms with E-state index in [1.807, 2.05) is 11.0 Å². The molecule has 2 aromatic rings. The van der Waals surface area contributed by atoms with Gasteiger partial charge >= 0.3 is 0 Å². The molecule has 0 spiro atoms. The first-order valence-electron chi connectivity index (χ1n) is 9.96. The van der Waals surface area contributed by atoms with E-state index in [2.05, 4.69) is 33.9 Å². The predicted molar refractivity (Wildman–Crippen MR) is 103 cm³/mol. The summed E-state index contributed by atoms with van der Waals surface area (Å²) in [5.41, 5.74) is 0.673. The van der Waals surface area contributed by atoms with E-state index in [-0.39, 0.29) is 5.91 Å². The number of hydrogen-bond acceptors (Lipinski definition) is 5. The fraction of sp³-hybridized carbons (Fsp3) is 0.600. The maximum absolute atomic E-state index is 13.2. The van der Waals surface area contributed by atoms with Gasteiger partial charge in [-0.2, -0.15) is 0 Å². The Bertz CT molecular complexity index is 771. The summed E-state index contributed by atoms with van der Waals surface area (Å²) in [6.45, 7) is 8.44. The Kier molecular flexibility index (Phi) is 5.20. The molecule has 3 heterocycles. The van der Waals surface area contributed by atoms with E-state index in [0.29, 0.717) is 23.3 Å². The molecule has 0 radical (unpaired) electrons. The quantitative estimate of drug-likeness (QED) is 0.810. The zero-order valence-corrected chi connectivity index (χ0v) is 16.2. The van der Waals surface area contributed by atoms with Gasteiger partial charge < -0.3 is 4.90 Å². The monoisotopic (exact) mass is 368 g/mol. The molecule has 0 unspecified atom stereocenters. The summed E-state index contributed by atoms with van der Waals surface area (Å²) in [5.74, 6) is 2.16. The van der Waals surface area contributed by atoms with E-state index in [1.165, 1.54) is 19.4 Å². The Labute approximate surface area is 160 Å². The van der Waals surface area contributed by atoms with Gasteiger partial charge in [0.25, 0.3) is 5.91 Å². The lowest BCUT2D eigenvalue weighted by Crippen LogP contribution is -2.46. The molecule has 27 heavy (non-hydrogen) atoms. The Balaban J connectivity index is 1.51. The zero-order chi connectivity index (χ0) is 18.8. The first kappa shape index (κ1) is 18.1. The lowest BCUT2D eigenvalue weighted by atomic mass is 10.0. The van der Waals surface area contributed by atoms with Gasteiger partial charge in [-0.3, -0.25) is 14.3 Å². The van der Waals surface area contributed by atoms with Crippen molar-refractivity contribution in [1.29, 1.82) is 0 Å². The second-order valence-corrected chi connectivity index (χ2v) is 8.13. The number of hydrogen-bond donors (Lipinski definition) is 0. The maximum atomic E-state index is 13.2. The van der Waals surface area contributed by atoms with Crippen LogP contribution in [-0.2, 0) is 0 Å². The molecule has 144 valence electrons. The van der Waals surface area contributed by atoms with Gasteiger partial charge in [-0.25, -0.2) is 4.98 Å². The molecule has 1 atom stereocenters. The molecule has 7 nitrogen and oxygen atoms in total. The van der Waals surface area contributed by atoms with Gasteiger partial charge in [0.15, 0.2) is 0 Å². The second kappa shape index (κ2) is 7.76. The zero-order valence-electron chi connectivity index (χ0n) is 16.2. The molecule has 0 N–H and O–H groups in total. The molecular formula is C20H28N6O. The van der Waals surface area contributed by atoms with E-state index >= 15 is 0 Å². The first-order chi connectivity index (χ1) is 13.1. The molecule has 2 fully saturated rings. The Morgan fingerprint density at radius 1 is 1.22 bits per heavy atom. The summed E-state index contributed by atoms with van der Waals surface area (Å²) >= 11 is 0. The standard InChI is InChI=1S/C20H28N6O/c1-15(2)18-12-25(9-3-8-24(18)11-16-4-5-16)20(27)17-6-7-21-19(10-17)26-13-22-23-14-26/h6-7,10,13-16,18H,3-5,8-9,11-12H2,1-2H3/t18-/m0/s1. The van der Waals surface area contributed by atoms with Crippen LogP contribution in [0.15, 0.2) is 31.0 Å². The number of carbonyl (C=O) groups excluding carboxylic acids is 1. The molecule has 1 saturated carbocycles. The molecule has 2 aromatic heterocycles. The van der Waals surface area contributed by atoms with Crippen molar-refractivity contribution in [2.45, 2.75) is 39.2 Å². The number of amides is 1. The van der Waals surface area contributed by atoms with Crippen LogP contribution >= 0.6 is 0 Å². The van der Waals surface area contributed by atoms with Crippen molar-refractivity contribution in [2.75, 3.05) is 26.2 Å². The highest BCUT2D eigenvalue weighted by Gasteiger charge is 2.33. The minimum absolute atomic E-state index is 0.0886. The molecule has 1 aliphatic carbocycles. The summed E-state index contributed by atoms with van der Waals surface area (Å²) in [5, 5.41) is 7.63. The van der Waals surface area contributed by atoms with Gasteiger partial charge in [-0.05, 0) is 43.2 Å². The number of carbonyl (C=O) groups is 1. The van der Waals surface area contributed by atoms with E-state index in [0.717, 1.165) is 32.0 Å². The molecule has 0 bridgehead atoms. The van der Waals surface area contributed by atoms with Crippen molar-refractivity contribution in [3.8, 4) is 5.82 Å². The summed E-state index contributed by atoms with van der Waals surface area (Å²) < 4.78 is 1.72. The Hall–Kier alpha value is -2.28. The van der Waals surface area contributed by atoms with Crippen LogP contribution in [0.25, 0.3) is 5.82 Å². The van der Waals surface area contributed by atoms with E-state index in [9.17, 15) is 4.79 Å². The maximum Gasteiger partial charge on any atom is 0.254 e. The number of aromatic nitrogens is 4. The van der Waals surface area contributed by atoms with Gasteiger partial charge in [0.1, 0.15) is 18.5 Å². The van der Waals surface area contributed by atoms with Gasteiger partial charge in [-0.1, -0.05) is 13.8 Å². The lowest BCUT2D eigenvalue weighted by Gasteiger charge is -2.34. The van der Waals surface area contributed by atoms with E-state index in [1.54, 1.807) is 29.5 Å². The molecule has 1 saturated heterocycles. The summed E-state index contributed by atoms with van der Waals surface area (Å²) in [6.07, 6.45) is 8.63. The van der Waals surface area contributed by atoms with Gasteiger partial charge in [0.05, 0.1) is 0 Å². The van der Waals surface area contributed by atoms with Crippen LogP contribution in [0.5, 0.6) is 0 Å². The van der Waals surface area contributed by atoms with Crippen molar-refractivity contribution >= 4 is 5.91 Å². The van der Waals surface area contributed by atoms with Crippen molar-refractivity contribution in [1.82, 2.24) is 29.5 Å². The number of rotatable bonds is 5. The van der Waals surface area contributed by atoms with Crippen LogP contribution in [0.2, 0.25) is 0 Å². The molecule has 4 rings (SSSR count). The van der Waals surface area contributed by atoms with Gasteiger partial charge in [0.2, 0.25) is 0 Å². The Morgan fingerprint density at radius 3 is 2.70 bits per heavy atom. The first-order valence-corrected chi connectivity index (χ1v) is 9.96. The third-order valence-electron chi connectivity index (χ3n) is 5.67. The van der Waals surface area contributed by atoms with Crippen LogP contribution in [0.1, 0.15) is 43.5 Å². The number of nitrogens with zero attached hydrogens (tertiary/aromatic N) is 6. The average molecular weight is 368 g/mol. The molecule has 0 aromatic carbocycles. The smallest absolute Gasteiger partial charge is 0.254 e. The fourth-order valence-electron chi connectivity index (χ4n) is 3.93. The fourth-order valence-corrected chi connectivity index (χ4v) is 3.93. The SMILES string of the molecule is CC(C)[C@@H]1CN(C(=O)c2ccnc(-n3cnnc3)c2)CCCN1CC1CC1. The molecule has 7 heteroatoms. The highest BCUT2D eigenvalue weighted by atomic mass is 16.2. The number of pyridine rings is 1. The van der Waals surface area contributed by atoms with Crippen LogP contribution in [-0.4, -0.2) is 67.7 Å². The predicted octanol–water partition coefficient (Wildman–Crippen LogP) is 2.24. The highest BCUT2D eigenvalue weighted by Crippen LogP contribution is 2.32. The summed E-state index contributed by atoms with van der Waals surface area (Å²) in [6, 6.07) is 4.05. The topological polar surface area (TPSA) is 67.2 Å². The average Bonchev–Trinajstić information content (AvgIpc) is 3.37.